The Kier molecular flexibility index (Phi) is 4.83. The second kappa shape index (κ2) is 5.77. The van der Waals surface area contributed by atoms with Gasteiger partial charge in [0.15, 0.2) is 4.90 Å². The van der Waals surface area contributed by atoms with Gasteiger partial charge in [-0.1, -0.05) is 22.9 Å². The van der Waals surface area contributed by atoms with Crippen molar-refractivity contribution in [3.63, 3.8) is 0 Å². The van der Waals surface area contributed by atoms with Gasteiger partial charge < -0.3 is 0 Å². The molecule has 1 aromatic rings. The van der Waals surface area contributed by atoms with Crippen molar-refractivity contribution < 1.29 is 13.3 Å². The van der Waals surface area contributed by atoms with Crippen LogP contribution in [0, 0.1) is 10.1 Å². The van der Waals surface area contributed by atoms with Crippen LogP contribution in [0.2, 0.25) is 0 Å². The monoisotopic (exact) mass is 336 g/mol. The molecule has 0 saturated carbocycles. The summed E-state index contributed by atoms with van der Waals surface area (Å²) in [7, 11) is -3.89. The van der Waals surface area contributed by atoms with Gasteiger partial charge in [0.1, 0.15) is 0 Å². The second-order valence-electron chi connectivity index (χ2n) is 3.80. The molecule has 1 atom stereocenters. The Morgan fingerprint density at radius 2 is 2.11 bits per heavy atom. The Hall–Kier alpha value is -0.990. The molecule has 0 spiro atoms. The molecule has 0 fully saturated rings. The van der Waals surface area contributed by atoms with Gasteiger partial charge in [0, 0.05) is 16.6 Å². The maximum atomic E-state index is 12.0. The van der Waals surface area contributed by atoms with Crippen LogP contribution in [0.3, 0.4) is 0 Å². The molecule has 0 aromatic heterocycles. The Bertz CT molecular complexity index is 559. The molecule has 0 bridgehead atoms. The fourth-order valence-electron chi connectivity index (χ4n) is 1.27. The van der Waals surface area contributed by atoms with E-state index < -0.39 is 20.6 Å². The van der Waals surface area contributed by atoms with Crippen LogP contribution in [0.15, 0.2) is 27.6 Å². The van der Waals surface area contributed by atoms with Gasteiger partial charge in [-0.15, -0.1) is 0 Å². The highest BCUT2D eigenvalue weighted by molar-refractivity contribution is 9.10. The number of halogens is 1. The lowest BCUT2D eigenvalue weighted by molar-refractivity contribution is -0.387. The van der Waals surface area contributed by atoms with Gasteiger partial charge in [0.2, 0.25) is 10.0 Å². The molecule has 8 heteroatoms. The molecule has 0 amide bonds. The van der Waals surface area contributed by atoms with Crippen molar-refractivity contribution >= 4 is 31.6 Å². The van der Waals surface area contributed by atoms with Crippen molar-refractivity contribution in [2.24, 2.45) is 0 Å². The summed E-state index contributed by atoms with van der Waals surface area (Å²) in [5, 5.41) is 10.8. The number of rotatable bonds is 5. The van der Waals surface area contributed by atoms with Crippen LogP contribution in [0.1, 0.15) is 20.3 Å². The Morgan fingerprint density at radius 3 is 2.61 bits per heavy atom. The number of nitro benzene ring substituents is 1. The highest BCUT2D eigenvalue weighted by Gasteiger charge is 2.26. The number of hydrogen-bond acceptors (Lipinski definition) is 4. The van der Waals surface area contributed by atoms with E-state index in [-0.39, 0.29) is 10.9 Å². The van der Waals surface area contributed by atoms with Crippen molar-refractivity contribution in [3.05, 3.63) is 32.8 Å². The van der Waals surface area contributed by atoms with Gasteiger partial charge in [-0.2, -0.15) is 0 Å². The van der Waals surface area contributed by atoms with E-state index in [1.54, 1.807) is 6.92 Å². The van der Waals surface area contributed by atoms with Crippen molar-refractivity contribution in [2.45, 2.75) is 31.2 Å². The van der Waals surface area contributed by atoms with Crippen LogP contribution >= 0.6 is 15.9 Å². The molecule has 0 heterocycles. The van der Waals surface area contributed by atoms with Crippen molar-refractivity contribution in [1.29, 1.82) is 0 Å². The van der Waals surface area contributed by atoms with Crippen molar-refractivity contribution in [1.82, 2.24) is 4.72 Å². The van der Waals surface area contributed by atoms with E-state index in [0.29, 0.717) is 10.9 Å². The molecule has 0 aliphatic carbocycles. The second-order valence-corrected chi connectivity index (χ2v) is 6.40. The molecule has 1 N–H and O–H groups in total. The quantitative estimate of drug-likeness (QED) is 0.660. The average molecular weight is 337 g/mol. The summed E-state index contributed by atoms with van der Waals surface area (Å²) in [6.07, 6.45) is 0.598. The Labute approximate surface area is 114 Å². The molecule has 6 nitrogen and oxygen atoms in total. The van der Waals surface area contributed by atoms with E-state index in [1.807, 2.05) is 6.92 Å². The van der Waals surface area contributed by atoms with E-state index in [0.717, 1.165) is 6.07 Å². The Balaban J connectivity index is 3.30. The molecule has 0 aliphatic rings. The lowest BCUT2D eigenvalue weighted by atomic mass is 10.3. The summed E-state index contributed by atoms with van der Waals surface area (Å²) >= 11 is 3.11. The lowest BCUT2D eigenvalue weighted by Gasteiger charge is -2.12. The maximum Gasteiger partial charge on any atom is 0.289 e. The minimum Gasteiger partial charge on any atom is -0.258 e. The molecular weight excluding hydrogens is 324 g/mol. The highest BCUT2D eigenvalue weighted by atomic mass is 79.9. The number of nitro groups is 1. The van der Waals surface area contributed by atoms with Crippen LogP contribution in [0.4, 0.5) is 5.69 Å². The fraction of sp³-hybridized carbons (Fsp3) is 0.400. The van der Waals surface area contributed by atoms with Gasteiger partial charge >= 0.3 is 0 Å². The largest absolute Gasteiger partial charge is 0.289 e. The molecule has 1 aromatic carbocycles. The SMILES string of the molecule is CCC(C)NS(=O)(=O)c1cc(Br)ccc1[N+](=O)[O-]. The first kappa shape index (κ1) is 15.1. The first-order valence-corrected chi connectivity index (χ1v) is 7.51. The smallest absolute Gasteiger partial charge is 0.258 e. The van der Waals surface area contributed by atoms with Gasteiger partial charge in [-0.05, 0) is 25.5 Å². The number of nitrogens with zero attached hydrogens (tertiary/aromatic N) is 1. The predicted octanol–water partition coefficient (Wildman–Crippen LogP) is 2.43. The van der Waals surface area contributed by atoms with Gasteiger partial charge in [-0.3, -0.25) is 10.1 Å². The molecule has 1 rings (SSSR count). The summed E-state index contributed by atoms with van der Waals surface area (Å²) in [4.78, 5) is 9.79. The molecule has 1 unspecified atom stereocenters. The zero-order valence-electron chi connectivity index (χ0n) is 9.88. The maximum absolute atomic E-state index is 12.0. The number of sulfonamides is 1. The van der Waals surface area contributed by atoms with E-state index in [2.05, 4.69) is 20.7 Å². The zero-order chi connectivity index (χ0) is 13.9. The molecule has 18 heavy (non-hydrogen) atoms. The van der Waals surface area contributed by atoms with Crippen LogP contribution in [-0.2, 0) is 10.0 Å². The molecule has 100 valence electrons. The third kappa shape index (κ3) is 3.50. The molecular formula is C10H13BrN2O4S. The summed E-state index contributed by atoms with van der Waals surface area (Å²) < 4.78 is 26.9. The predicted molar refractivity (Wildman–Crippen MR) is 70.9 cm³/mol. The van der Waals surface area contributed by atoms with Gasteiger partial charge in [0.05, 0.1) is 4.92 Å². The van der Waals surface area contributed by atoms with E-state index in [1.165, 1.54) is 12.1 Å². The van der Waals surface area contributed by atoms with Crippen molar-refractivity contribution in [3.8, 4) is 0 Å². The first-order valence-electron chi connectivity index (χ1n) is 5.24. The Morgan fingerprint density at radius 1 is 1.50 bits per heavy atom. The number of benzene rings is 1. The average Bonchev–Trinajstić information content (AvgIpc) is 2.27. The lowest BCUT2D eigenvalue weighted by Crippen LogP contribution is -2.32. The minimum atomic E-state index is -3.89. The van der Waals surface area contributed by atoms with Crippen LogP contribution in [0.25, 0.3) is 0 Å². The first-order chi connectivity index (χ1) is 8.27. The fourth-order valence-corrected chi connectivity index (χ4v) is 3.30. The van der Waals surface area contributed by atoms with E-state index >= 15 is 0 Å². The summed E-state index contributed by atoms with van der Waals surface area (Å²) in [6, 6.07) is 3.53. The third-order valence-electron chi connectivity index (χ3n) is 2.38. The summed E-state index contributed by atoms with van der Waals surface area (Å²) in [5.41, 5.74) is -0.436. The minimum absolute atomic E-state index is 0.284. The number of hydrogen-bond donors (Lipinski definition) is 1. The topological polar surface area (TPSA) is 89.3 Å². The standard InChI is InChI=1S/C10H13BrN2O4S/c1-3-7(2)12-18(16,17)10-6-8(11)4-5-9(10)13(14)15/h4-7,12H,3H2,1-2H3. The van der Waals surface area contributed by atoms with Gasteiger partial charge in [-0.25, -0.2) is 13.1 Å². The summed E-state index contributed by atoms with van der Waals surface area (Å²) in [6.45, 7) is 3.52. The van der Waals surface area contributed by atoms with Crippen molar-refractivity contribution in [2.75, 3.05) is 0 Å². The van der Waals surface area contributed by atoms with Crippen LogP contribution in [-0.4, -0.2) is 19.4 Å². The number of nitrogens with one attached hydrogen (secondary N) is 1. The highest BCUT2D eigenvalue weighted by Crippen LogP contribution is 2.27. The van der Waals surface area contributed by atoms with Crippen LogP contribution in [0.5, 0.6) is 0 Å². The van der Waals surface area contributed by atoms with Crippen LogP contribution < -0.4 is 4.72 Å². The molecule has 0 aliphatic heterocycles. The van der Waals surface area contributed by atoms with E-state index in [4.69, 9.17) is 0 Å². The molecule has 0 saturated heterocycles. The molecule has 0 radical (unpaired) electrons. The normalized spacial score (nSPS) is 13.3. The zero-order valence-corrected chi connectivity index (χ0v) is 12.3. The summed E-state index contributed by atoms with van der Waals surface area (Å²) in [5.74, 6) is 0. The van der Waals surface area contributed by atoms with E-state index in [9.17, 15) is 18.5 Å². The third-order valence-corrected chi connectivity index (χ3v) is 4.49. The van der Waals surface area contributed by atoms with Gasteiger partial charge in [0.25, 0.3) is 5.69 Å².